The van der Waals surface area contributed by atoms with Gasteiger partial charge in [-0.05, 0) is 26.2 Å². The lowest BCUT2D eigenvalue weighted by molar-refractivity contribution is -0.143. The Bertz CT molecular complexity index is 2830. The van der Waals surface area contributed by atoms with E-state index in [2.05, 4.69) is 0 Å². The van der Waals surface area contributed by atoms with Crippen LogP contribution in [0.15, 0.2) is 127 Å². The molecule has 2 aromatic heterocycles. The van der Waals surface area contributed by atoms with Crippen molar-refractivity contribution in [2.75, 3.05) is 39.3 Å². The molecule has 0 spiro atoms. The van der Waals surface area contributed by atoms with E-state index < -0.39 is 20.8 Å². The van der Waals surface area contributed by atoms with E-state index in [1.807, 2.05) is 135 Å². The molecular weight excluding hydrogens is 761 g/mol. The second-order valence-electron chi connectivity index (χ2n) is 14.5. The van der Waals surface area contributed by atoms with Crippen molar-refractivity contribution in [1.82, 2.24) is 18.3 Å². The molecule has 6 heterocycles. The largest absolute Gasteiger partial charge is 0.742 e. The third-order valence-corrected chi connectivity index (χ3v) is 14.3. The second-order valence-corrected chi connectivity index (χ2v) is 16.9. The number of amidine groups is 4. The first-order valence-electron chi connectivity index (χ1n) is 20.0. The third kappa shape index (κ3) is 5.75. The van der Waals surface area contributed by atoms with Gasteiger partial charge in [0.15, 0.2) is 23.3 Å². The summed E-state index contributed by atoms with van der Waals surface area (Å²) in [6.45, 7) is 10.2. The Morgan fingerprint density at radius 1 is 0.475 bits per heavy atom. The fourth-order valence-electron chi connectivity index (χ4n) is 8.26. The maximum atomic E-state index is 14.8. The molecular formula is C44H40N10O4Si. The Morgan fingerprint density at radius 2 is 0.814 bits per heavy atom. The first kappa shape index (κ1) is 36.6. The molecule has 294 valence electrons. The third-order valence-electron chi connectivity index (χ3n) is 11.3. The lowest BCUT2D eigenvalue weighted by Gasteiger charge is -2.33. The van der Waals surface area contributed by atoms with Gasteiger partial charge < -0.3 is 8.85 Å². The van der Waals surface area contributed by atoms with Gasteiger partial charge in [0.2, 0.25) is 0 Å². The molecule has 0 aliphatic carbocycles. The van der Waals surface area contributed by atoms with Crippen LogP contribution in [-0.4, -0.2) is 102 Å². The predicted molar refractivity (Wildman–Crippen MR) is 229 cm³/mol. The number of carbonyl (C=O) groups is 2. The number of carbonyl (C=O) groups excluding carboxylic acids is 2. The molecule has 15 heteroatoms. The molecule has 0 amide bonds. The Balaban J connectivity index is 1.46. The monoisotopic (exact) mass is 800 g/mol. The molecule has 0 atom stereocenters. The molecule has 4 aliphatic rings. The van der Waals surface area contributed by atoms with Gasteiger partial charge in [-0.15, -0.1) is 0 Å². The number of aliphatic imine (C=N–C) groups is 4. The molecule has 4 aromatic carbocycles. The number of benzene rings is 4. The molecule has 6 bridgehead atoms. The Morgan fingerprint density at radius 3 is 1.19 bits per heavy atom. The van der Waals surface area contributed by atoms with Gasteiger partial charge in [0.25, 0.3) is 0 Å². The van der Waals surface area contributed by atoms with Crippen molar-refractivity contribution in [3.05, 3.63) is 130 Å². The van der Waals surface area contributed by atoms with Crippen LogP contribution in [0.4, 0.5) is 11.6 Å². The number of rotatable bonds is 10. The summed E-state index contributed by atoms with van der Waals surface area (Å²) < 4.78 is 17.6. The van der Waals surface area contributed by atoms with Crippen LogP contribution in [0.5, 0.6) is 0 Å². The molecule has 6 aromatic rings. The standard InChI is InChI=1S/C44H40N10O4Si/c1-5-51(6-2)25-35(55)57-59(58-36(56)26-52(7-3)8-4)53-41-31-21-13-14-22-32(31)43(53)49-39-29-19-11-12-20-30(29)40(46-39)50-44-34-24-16-15-23-33(34)42(54(44)59)48-38-28-18-10-9-17-27(28)37(45-38)47-41/h9-24H,5-8,25-26H2,1-4H3/b47-37-,47-41?,48-38?,48-42-,49-39-,49-43?,50-40?,50-44-. The van der Waals surface area contributed by atoms with Crippen LogP contribution in [0.25, 0.3) is 21.5 Å². The lowest BCUT2D eigenvalue weighted by atomic mass is 10.1. The van der Waals surface area contributed by atoms with Gasteiger partial charge in [-0.2, -0.15) is 0 Å². The van der Waals surface area contributed by atoms with E-state index in [1.165, 1.54) is 0 Å². The summed E-state index contributed by atoms with van der Waals surface area (Å²) in [7, 11) is -4.95. The summed E-state index contributed by atoms with van der Waals surface area (Å²) in [6, 6.07) is 31.1. The van der Waals surface area contributed by atoms with Gasteiger partial charge in [0.1, 0.15) is 22.6 Å². The molecule has 0 saturated heterocycles. The number of likely N-dealkylation sites (N-methyl/N-ethyl adjacent to an activating group) is 2. The van der Waals surface area contributed by atoms with E-state index in [9.17, 15) is 9.59 Å². The van der Waals surface area contributed by atoms with Crippen LogP contribution < -0.4 is 11.0 Å². The summed E-state index contributed by atoms with van der Waals surface area (Å²) in [4.78, 5) is 65.1. The highest BCUT2D eigenvalue weighted by Crippen LogP contribution is 2.43. The van der Waals surface area contributed by atoms with Crippen LogP contribution in [0.1, 0.15) is 49.9 Å². The maximum Gasteiger partial charge on any atom is 0.742 e. The average molecular weight is 801 g/mol. The summed E-state index contributed by atoms with van der Waals surface area (Å²) in [5.41, 5.74) is 3.80. The zero-order valence-electron chi connectivity index (χ0n) is 33.1. The fraction of sp³-hybridized carbons (Fsp3) is 0.227. The molecule has 4 aliphatic heterocycles. The fourth-order valence-corrected chi connectivity index (χ4v) is 11.3. The number of fused-ring (bicyclic) bond motifs is 14. The van der Waals surface area contributed by atoms with Crippen LogP contribution in [-0.2, 0) is 18.4 Å². The van der Waals surface area contributed by atoms with Crippen molar-refractivity contribution in [3.8, 4) is 0 Å². The summed E-state index contributed by atoms with van der Waals surface area (Å²) in [5, 5.41) is 2.73. The predicted octanol–water partition coefficient (Wildman–Crippen LogP) is 5.14. The van der Waals surface area contributed by atoms with Crippen molar-refractivity contribution < 1.29 is 18.4 Å². The summed E-state index contributed by atoms with van der Waals surface area (Å²) in [5.74, 6) is 1.13. The first-order chi connectivity index (χ1) is 28.8. The van der Waals surface area contributed by atoms with E-state index in [0.29, 0.717) is 93.7 Å². The normalized spacial score (nSPS) is 18.3. The molecule has 0 N–H and O–H groups in total. The SMILES string of the molecule is CCN(CC)CC(=O)O[Si]1(OC(=O)CN(CC)CC)n2c3c4ccccc4c2/N=C2N=C(/N=c4/c5ccccc5/c(n41)=N/C1=NC(=N\3)/c3ccccc31)c1ccccc1\2. The molecule has 14 nitrogen and oxygen atoms in total. The summed E-state index contributed by atoms with van der Waals surface area (Å²) >= 11 is 0. The van der Waals surface area contributed by atoms with Crippen LogP contribution >= 0.6 is 0 Å². The van der Waals surface area contributed by atoms with E-state index in [1.54, 1.807) is 8.47 Å². The molecule has 59 heavy (non-hydrogen) atoms. The highest BCUT2D eigenvalue weighted by Gasteiger charge is 2.59. The number of hydrogen-bond donors (Lipinski definition) is 0. The number of aromatic nitrogens is 2. The van der Waals surface area contributed by atoms with Crippen LogP contribution in [0, 0.1) is 0 Å². The van der Waals surface area contributed by atoms with Crippen molar-refractivity contribution in [3.63, 3.8) is 0 Å². The quantitative estimate of drug-likeness (QED) is 0.176. The van der Waals surface area contributed by atoms with Gasteiger partial charge in [-0.3, -0.25) is 27.9 Å². The molecule has 0 saturated carbocycles. The van der Waals surface area contributed by atoms with Crippen LogP contribution in [0.2, 0.25) is 0 Å². The van der Waals surface area contributed by atoms with E-state index in [4.69, 9.17) is 38.8 Å². The molecule has 0 unspecified atom stereocenters. The van der Waals surface area contributed by atoms with Crippen molar-refractivity contribution in [1.29, 1.82) is 0 Å². The Kier molecular flexibility index (Phi) is 8.88. The zero-order valence-corrected chi connectivity index (χ0v) is 34.1. The van der Waals surface area contributed by atoms with E-state index >= 15 is 0 Å². The highest BCUT2D eigenvalue weighted by atomic mass is 28.4. The zero-order chi connectivity index (χ0) is 40.4. The van der Waals surface area contributed by atoms with E-state index in [0.717, 1.165) is 22.3 Å². The minimum absolute atomic E-state index is 0.0696. The van der Waals surface area contributed by atoms with Crippen LogP contribution in [0.3, 0.4) is 0 Å². The Hall–Kier alpha value is -6.68. The lowest BCUT2D eigenvalue weighted by Crippen LogP contribution is -2.66. The van der Waals surface area contributed by atoms with Crippen molar-refractivity contribution in [2.24, 2.45) is 30.0 Å². The maximum absolute atomic E-state index is 14.8. The molecule has 10 rings (SSSR count). The minimum atomic E-state index is -4.95. The first-order valence-corrected chi connectivity index (χ1v) is 21.7. The average Bonchev–Trinajstić information content (AvgIpc) is 3.98. The van der Waals surface area contributed by atoms with Gasteiger partial charge in [0, 0.05) is 43.8 Å². The minimum Gasteiger partial charge on any atom is -0.451 e. The topological polar surface area (TPSA) is 143 Å². The highest BCUT2D eigenvalue weighted by molar-refractivity contribution is 6.69. The van der Waals surface area contributed by atoms with Gasteiger partial charge in [-0.1, -0.05) is 125 Å². The summed E-state index contributed by atoms with van der Waals surface area (Å²) in [6.07, 6.45) is 0. The Labute approximate surface area is 340 Å². The van der Waals surface area contributed by atoms with Gasteiger partial charge >= 0.3 is 20.8 Å². The number of hydrogen-bond acceptors (Lipinski definition) is 12. The number of nitrogens with zero attached hydrogens (tertiary/aromatic N) is 10. The van der Waals surface area contributed by atoms with Gasteiger partial charge in [0.05, 0.1) is 13.1 Å². The molecule has 0 radical (unpaired) electrons. The molecule has 0 fully saturated rings. The van der Waals surface area contributed by atoms with E-state index in [-0.39, 0.29) is 13.1 Å². The van der Waals surface area contributed by atoms with Gasteiger partial charge in [-0.25, -0.2) is 30.0 Å². The van der Waals surface area contributed by atoms with Crippen molar-refractivity contribution >= 4 is 77.3 Å². The second kappa shape index (κ2) is 14.3. The van der Waals surface area contributed by atoms with Crippen molar-refractivity contribution in [2.45, 2.75) is 27.7 Å². The smallest absolute Gasteiger partial charge is 0.451 e.